The van der Waals surface area contributed by atoms with Crippen molar-refractivity contribution < 1.29 is 0 Å². The molecule has 0 fully saturated rings. The first kappa shape index (κ1) is 49.6. The van der Waals surface area contributed by atoms with Gasteiger partial charge in [0.25, 0.3) is 6.71 Å². The van der Waals surface area contributed by atoms with Crippen LogP contribution in [0.15, 0.2) is 338 Å². The van der Waals surface area contributed by atoms with Crippen molar-refractivity contribution in [1.29, 1.82) is 0 Å². The molecule has 3 nitrogen and oxygen atoms in total. The third-order valence-electron chi connectivity index (χ3n) is 17.0. The van der Waals surface area contributed by atoms with Gasteiger partial charge in [0.05, 0.1) is 5.69 Å². The summed E-state index contributed by atoms with van der Waals surface area (Å²) in [4.78, 5) is 7.68. The van der Waals surface area contributed by atoms with E-state index in [-0.39, 0.29) is 6.71 Å². The fourth-order valence-corrected chi connectivity index (χ4v) is 13.0. The molecule has 0 bridgehead atoms. The molecule has 15 rings (SSSR count). The number of fused-ring (bicyclic) bond motifs is 4. The highest BCUT2D eigenvalue weighted by molar-refractivity contribution is 6.95. The predicted octanol–water partition coefficient (Wildman–Crippen LogP) is 19.5. The zero-order chi connectivity index (χ0) is 55.1. The molecule has 0 aromatic heterocycles. The lowest BCUT2D eigenvalue weighted by atomic mass is 9.32. The van der Waals surface area contributed by atoms with Crippen LogP contribution in [-0.4, -0.2) is 6.71 Å². The number of hydrogen-bond donors (Lipinski definition) is 0. The summed E-state index contributed by atoms with van der Waals surface area (Å²) in [5, 5.41) is 0. The van der Waals surface area contributed by atoms with Gasteiger partial charge in [0.15, 0.2) is 0 Å². The van der Waals surface area contributed by atoms with Crippen molar-refractivity contribution in [2.45, 2.75) is 19.3 Å². The second-order valence-corrected chi connectivity index (χ2v) is 21.9. The number of anilines is 6. The van der Waals surface area contributed by atoms with Crippen molar-refractivity contribution in [2.75, 3.05) is 14.7 Å². The SMILES string of the molecule is C1=CCCC(c2ccc3c(c2)B2C4=C(C=C(N(c5ccc(-c6ccccc6)cc5)c5ccccc5-c5ccccc5)CC=C4N(c4ccc(-c5ccccc5)cc4)c4ccc(-c5ccccc5)cc42)N3c2ccc(-c3ccccc3)cc2)=C1. The normalized spacial score (nSPS) is 14.2. The van der Waals surface area contributed by atoms with Gasteiger partial charge in [-0.3, -0.25) is 0 Å². The summed E-state index contributed by atoms with van der Waals surface area (Å²) in [6.07, 6.45) is 14.6. The molecule has 2 aliphatic carbocycles. The Morgan fingerprint density at radius 3 is 1.39 bits per heavy atom. The Labute approximate surface area is 487 Å². The minimum atomic E-state index is -0.130. The molecule has 0 unspecified atom stereocenters. The van der Waals surface area contributed by atoms with Gasteiger partial charge in [0.2, 0.25) is 0 Å². The van der Waals surface area contributed by atoms with Crippen molar-refractivity contribution in [3.05, 3.63) is 344 Å². The van der Waals surface area contributed by atoms with Gasteiger partial charge in [-0.05, 0) is 151 Å². The fraction of sp³-hybridized carbons (Fsp3) is 0.0380. The Hall–Kier alpha value is -10.4. The molecule has 11 aromatic rings. The smallest absolute Gasteiger partial charge is 0.252 e. The zero-order valence-electron chi connectivity index (χ0n) is 46.1. The topological polar surface area (TPSA) is 9.72 Å². The zero-order valence-corrected chi connectivity index (χ0v) is 46.1. The summed E-state index contributed by atoms with van der Waals surface area (Å²) in [5.74, 6) is 0. The van der Waals surface area contributed by atoms with Gasteiger partial charge >= 0.3 is 0 Å². The van der Waals surface area contributed by atoms with E-state index in [1.54, 1.807) is 0 Å². The van der Waals surface area contributed by atoms with Crippen LogP contribution in [-0.2, 0) is 0 Å². The molecule has 0 atom stereocenters. The van der Waals surface area contributed by atoms with Crippen molar-refractivity contribution in [3.8, 4) is 55.6 Å². The third kappa shape index (κ3) is 9.25. The minimum absolute atomic E-state index is 0.130. The van der Waals surface area contributed by atoms with Crippen molar-refractivity contribution >= 4 is 57.3 Å². The second kappa shape index (κ2) is 21.6. The molecule has 0 N–H and O–H groups in total. The van der Waals surface area contributed by atoms with Crippen LogP contribution in [0.5, 0.6) is 0 Å². The number of hydrogen-bond acceptors (Lipinski definition) is 3. The molecule has 0 radical (unpaired) electrons. The minimum Gasteiger partial charge on any atom is -0.313 e. The molecule has 0 spiro atoms. The van der Waals surface area contributed by atoms with E-state index in [4.69, 9.17) is 0 Å². The average Bonchev–Trinajstić information content (AvgIpc) is 2.48. The van der Waals surface area contributed by atoms with Crippen LogP contribution in [0.2, 0.25) is 0 Å². The Balaban J connectivity index is 1.02. The van der Waals surface area contributed by atoms with Gasteiger partial charge in [-0.1, -0.05) is 255 Å². The van der Waals surface area contributed by atoms with Gasteiger partial charge in [-0.2, -0.15) is 0 Å². The lowest BCUT2D eigenvalue weighted by Crippen LogP contribution is -2.56. The molecule has 83 heavy (non-hydrogen) atoms. The number of nitrogens with zero attached hydrogens (tertiary/aromatic N) is 3. The maximum Gasteiger partial charge on any atom is 0.252 e. The van der Waals surface area contributed by atoms with Crippen LogP contribution in [0.25, 0.3) is 61.2 Å². The first-order valence-electron chi connectivity index (χ1n) is 29.0. The Bertz CT molecular complexity index is 4350. The van der Waals surface area contributed by atoms with Crippen LogP contribution < -0.4 is 25.6 Å². The molecule has 4 heteroatoms. The largest absolute Gasteiger partial charge is 0.313 e. The molecule has 2 aliphatic heterocycles. The molecule has 0 amide bonds. The molecule has 0 saturated heterocycles. The van der Waals surface area contributed by atoms with Crippen molar-refractivity contribution in [3.63, 3.8) is 0 Å². The highest BCUT2D eigenvalue weighted by atomic mass is 15.2. The number of para-hydroxylation sites is 1. The first-order chi connectivity index (χ1) is 41.2. The van der Waals surface area contributed by atoms with Crippen LogP contribution in [0.4, 0.5) is 34.1 Å². The molecule has 4 aliphatic rings. The Morgan fingerprint density at radius 2 is 0.831 bits per heavy atom. The quantitative estimate of drug-likeness (QED) is 0.120. The molecule has 2 heterocycles. The van der Waals surface area contributed by atoms with Gasteiger partial charge in [0.1, 0.15) is 0 Å². The first-order valence-corrected chi connectivity index (χ1v) is 29.0. The summed E-state index contributed by atoms with van der Waals surface area (Å²) >= 11 is 0. The monoisotopic (exact) mass is 1060 g/mol. The van der Waals surface area contributed by atoms with E-state index < -0.39 is 0 Å². The number of allylic oxidation sites excluding steroid dienone is 7. The lowest BCUT2D eigenvalue weighted by molar-refractivity contribution is 1.05. The molecular weight excluding hydrogens is 1000 g/mol. The summed E-state index contributed by atoms with van der Waals surface area (Å²) in [7, 11) is 0. The standard InChI is InChI=1S/C79H58BN3/c1-7-21-56(22-8-1)61-35-43-67(44-36-61)81(74-34-20-19-33-71(74)64-31-17-6-18-32-64)70-49-52-77-79-78(55-70)83(69-47-39-63(40-48-69)58-25-11-3-12-26-58)76-51-42-66(60-29-15-5-16-30-60)54-73(76)80(79)72-53-65(59-27-13-4-14-28-59)41-50-75(72)82(77)68-45-37-62(38-46-68)57-23-9-2-10-24-57/h1-15,17-29,31-48,50-55H,16,30,49H2. The molecular formula is C79H58BN3. The lowest BCUT2D eigenvalue weighted by Gasteiger charge is -2.45. The summed E-state index contributed by atoms with van der Waals surface area (Å²) in [5.41, 5.74) is 28.6. The molecule has 392 valence electrons. The molecule has 11 aromatic carbocycles. The van der Waals surface area contributed by atoms with Crippen LogP contribution in [0.1, 0.15) is 24.8 Å². The second-order valence-electron chi connectivity index (χ2n) is 21.9. The van der Waals surface area contributed by atoms with Crippen LogP contribution >= 0.6 is 0 Å². The predicted molar refractivity (Wildman–Crippen MR) is 351 cm³/mol. The third-order valence-corrected chi connectivity index (χ3v) is 17.0. The fourth-order valence-electron chi connectivity index (χ4n) is 13.0. The Morgan fingerprint density at radius 1 is 0.386 bits per heavy atom. The van der Waals surface area contributed by atoms with E-state index >= 15 is 0 Å². The van der Waals surface area contributed by atoms with Gasteiger partial charge in [-0.25, -0.2) is 0 Å². The number of benzene rings is 11. The van der Waals surface area contributed by atoms with Crippen LogP contribution in [0.3, 0.4) is 0 Å². The van der Waals surface area contributed by atoms with E-state index in [9.17, 15) is 0 Å². The van der Waals surface area contributed by atoms with E-state index in [1.807, 2.05) is 0 Å². The highest BCUT2D eigenvalue weighted by Gasteiger charge is 2.46. The van der Waals surface area contributed by atoms with Crippen LogP contribution in [0, 0.1) is 0 Å². The summed E-state index contributed by atoms with van der Waals surface area (Å²) < 4.78 is 0. The number of rotatable bonds is 11. The molecule has 0 saturated carbocycles. The van der Waals surface area contributed by atoms with Crippen molar-refractivity contribution in [2.24, 2.45) is 0 Å². The Kier molecular flexibility index (Phi) is 12.9. The van der Waals surface area contributed by atoms with Gasteiger partial charge in [0, 0.05) is 57.5 Å². The van der Waals surface area contributed by atoms with E-state index in [2.05, 4.69) is 330 Å². The van der Waals surface area contributed by atoms with E-state index in [0.717, 1.165) is 52.5 Å². The van der Waals surface area contributed by atoms with E-state index in [1.165, 1.54) is 94.7 Å². The maximum atomic E-state index is 2.58. The summed E-state index contributed by atoms with van der Waals surface area (Å²) in [6.45, 7) is -0.130. The van der Waals surface area contributed by atoms with Gasteiger partial charge < -0.3 is 14.7 Å². The van der Waals surface area contributed by atoms with E-state index in [0.29, 0.717) is 6.42 Å². The average molecular weight is 1060 g/mol. The maximum absolute atomic E-state index is 2.58. The highest BCUT2D eigenvalue weighted by Crippen LogP contribution is 2.50. The van der Waals surface area contributed by atoms with Gasteiger partial charge in [-0.15, -0.1) is 0 Å². The van der Waals surface area contributed by atoms with Crippen molar-refractivity contribution in [1.82, 2.24) is 0 Å². The summed E-state index contributed by atoms with van der Waals surface area (Å²) in [6, 6.07) is 105.